The maximum Gasteiger partial charge on any atom is 0.255 e. The number of nitrogens with two attached hydrogens (primary N) is 1. The van der Waals surface area contributed by atoms with E-state index in [4.69, 9.17) is 5.73 Å². The largest absolute Gasteiger partial charge is 0.328 e. The van der Waals surface area contributed by atoms with Crippen molar-refractivity contribution in [3.63, 3.8) is 0 Å². The lowest BCUT2D eigenvalue weighted by molar-refractivity contribution is -0.136. The molecule has 0 bridgehead atoms. The maximum atomic E-state index is 13.0. The predicted molar refractivity (Wildman–Crippen MR) is 107 cm³/mol. The van der Waals surface area contributed by atoms with Crippen molar-refractivity contribution in [2.45, 2.75) is 63.7 Å². The quantitative estimate of drug-likeness (QED) is 0.748. The van der Waals surface area contributed by atoms with Gasteiger partial charge >= 0.3 is 0 Å². The van der Waals surface area contributed by atoms with Crippen LogP contribution in [-0.4, -0.2) is 52.7 Å². The minimum absolute atomic E-state index is 0.0996. The third-order valence-corrected chi connectivity index (χ3v) is 7.38. The highest BCUT2D eigenvalue weighted by Crippen LogP contribution is 2.48. The average Bonchev–Trinajstić information content (AvgIpc) is 3.00. The van der Waals surface area contributed by atoms with E-state index in [1.54, 1.807) is 4.90 Å². The van der Waals surface area contributed by atoms with Gasteiger partial charge < -0.3 is 10.6 Å². The maximum absolute atomic E-state index is 13.0. The molecule has 1 spiro atoms. The number of amides is 3. The van der Waals surface area contributed by atoms with Crippen molar-refractivity contribution in [3.05, 3.63) is 34.9 Å². The smallest absolute Gasteiger partial charge is 0.255 e. The van der Waals surface area contributed by atoms with Gasteiger partial charge in [0.1, 0.15) is 6.04 Å². The topological polar surface area (TPSA) is 95.7 Å². The number of hydrogen-bond acceptors (Lipinski definition) is 5. The van der Waals surface area contributed by atoms with E-state index in [1.165, 1.54) is 18.4 Å². The van der Waals surface area contributed by atoms with E-state index in [2.05, 4.69) is 16.3 Å². The molecule has 0 aromatic heterocycles. The van der Waals surface area contributed by atoms with E-state index in [0.29, 0.717) is 30.0 Å². The van der Waals surface area contributed by atoms with Crippen molar-refractivity contribution >= 4 is 17.7 Å². The SMILES string of the molecule is NC1CC2(CCN(Cc3cccc4c3CN(C3CCC(=O)NC3=O)C4=O)CC2)C1. The van der Waals surface area contributed by atoms with Crippen LogP contribution in [0.4, 0.5) is 0 Å². The first-order valence-electron chi connectivity index (χ1n) is 10.7. The van der Waals surface area contributed by atoms with Gasteiger partial charge in [-0.2, -0.15) is 0 Å². The van der Waals surface area contributed by atoms with Crippen LogP contribution in [0, 0.1) is 5.41 Å². The highest BCUT2D eigenvalue weighted by Gasteiger charge is 2.44. The molecule has 1 aliphatic carbocycles. The van der Waals surface area contributed by atoms with Crippen molar-refractivity contribution in [1.29, 1.82) is 0 Å². The van der Waals surface area contributed by atoms with Crippen LogP contribution < -0.4 is 11.1 Å². The van der Waals surface area contributed by atoms with Crippen LogP contribution in [-0.2, 0) is 22.7 Å². The van der Waals surface area contributed by atoms with E-state index >= 15 is 0 Å². The zero-order valence-electron chi connectivity index (χ0n) is 16.7. The van der Waals surface area contributed by atoms with E-state index in [-0.39, 0.29) is 24.1 Å². The van der Waals surface area contributed by atoms with Gasteiger partial charge in [0.15, 0.2) is 0 Å². The van der Waals surface area contributed by atoms with Gasteiger partial charge in [-0.3, -0.25) is 24.6 Å². The molecule has 0 radical (unpaired) electrons. The second-order valence-electron chi connectivity index (χ2n) is 9.29. The molecule has 7 heteroatoms. The fourth-order valence-electron chi connectivity index (χ4n) is 5.69. The van der Waals surface area contributed by atoms with Gasteiger partial charge in [0.25, 0.3) is 5.91 Å². The zero-order valence-corrected chi connectivity index (χ0v) is 16.7. The van der Waals surface area contributed by atoms with Crippen molar-refractivity contribution in [2.75, 3.05) is 13.1 Å². The third kappa shape index (κ3) is 3.26. The van der Waals surface area contributed by atoms with Crippen LogP contribution in [0.25, 0.3) is 0 Å². The van der Waals surface area contributed by atoms with Crippen LogP contribution in [0.1, 0.15) is 60.0 Å². The lowest BCUT2D eigenvalue weighted by Crippen LogP contribution is -2.52. The second-order valence-corrected chi connectivity index (χ2v) is 9.29. The molecule has 3 N–H and O–H groups in total. The summed E-state index contributed by atoms with van der Waals surface area (Å²) in [6.45, 7) is 3.42. The Bertz CT molecular complexity index is 867. The Morgan fingerprint density at radius 1 is 1.14 bits per heavy atom. The molecule has 3 amide bonds. The normalized spacial score (nSPS) is 27.1. The van der Waals surface area contributed by atoms with Crippen LogP contribution in [0.5, 0.6) is 0 Å². The van der Waals surface area contributed by atoms with Gasteiger partial charge in [0.05, 0.1) is 0 Å². The van der Waals surface area contributed by atoms with Gasteiger partial charge in [-0.1, -0.05) is 12.1 Å². The third-order valence-electron chi connectivity index (χ3n) is 7.38. The van der Waals surface area contributed by atoms with E-state index < -0.39 is 6.04 Å². The lowest BCUT2D eigenvalue weighted by Gasteiger charge is -2.51. The number of carbonyl (C=O) groups is 3. The van der Waals surface area contributed by atoms with Crippen molar-refractivity contribution in [2.24, 2.45) is 11.1 Å². The summed E-state index contributed by atoms with van der Waals surface area (Å²) in [6.07, 6.45) is 5.42. The molecule has 3 aliphatic heterocycles. The minimum atomic E-state index is -0.557. The minimum Gasteiger partial charge on any atom is -0.328 e. The summed E-state index contributed by atoms with van der Waals surface area (Å²) in [6, 6.07) is 5.73. The van der Waals surface area contributed by atoms with E-state index in [1.807, 2.05) is 12.1 Å². The van der Waals surface area contributed by atoms with Crippen molar-refractivity contribution in [1.82, 2.24) is 15.1 Å². The van der Waals surface area contributed by atoms with E-state index in [9.17, 15) is 14.4 Å². The molecule has 1 aromatic carbocycles. The van der Waals surface area contributed by atoms with Gasteiger partial charge in [-0.15, -0.1) is 0 Å². The Hall–Kier alpha value is -2.25. The Labute approximate surface area is 170 Å². The number of nitrogens with one attached hydrogen (secondary N) is 1. The summed E-state index contributed by atoms with van der Waals surface area (Å²) < 4.78 is 0. The molecule has 1 saturated carbocycles. The Morgan fingerprint density at radius 3 is 2.59 bits per heavy atom. The number of imide groups is 1. The van der Waals surface area contributed by atoms with Crippen LogP contribution in [0.2, 0.25) is 0 Å². The first-order valence-corrected chi connectivity index (χ1v) is 10.7. The molecular weight excluding hydrogens is 368 g/mol. The van der Waals surface area contributed by atoms with Crippen LogP contribution in [0.3, 0.4) is 0 Å². The van der Waals surface area contributed by atoms with Crippen LogP contribution >= 0.6 is 0 Å². The molecule has 5 rings (SSSR count). The molecule has 3 fully saturated rings. The Morgan fingerprint density at radius 2 is 1.90 bits per heavy atom. The second kappa shape index (κ2) is 6.92. The molecule has 1 unspecified atom stereocenters. The van der Waals surface area contributed by atoms with Gasteiger partial charge in [0.2, 0.25) is 11.8 Å². The van der Waals surface area contributed by atoms with Crippen molar-refractivity contribution < 1.29 is 14.4 Å². The number of benzene rings is 1. The molecule has 1 aromatic rings. The highest BCUT2D eigenvalue weighted by molar-refractivity contribution is 6.05. The van der Waals surface area contributed by atoms with Gasteiger partial charge in [0, 0.05) is 31.1 Å². The first-order chi connectivity index (χ1) is 13.9. The fraction of sp³-hybridized carbons (Fsp3) is 0.591. The number of rotatable bonds is 3. The summed E-state index contributed by atoms with van der Waals surface area (Å²) in [5, 5.41) is 2.37. The van der Waals surface area contributed by atoms with Gasteiger partial charge in [-0.25, -0.2) is 0 Å². The van der Waals surface area contributed by atoms with Crippen LogP contribution in [0.15, 0.2) is 18.2 Å². The molecule has 154 valence electrons. The molecule has 3 heterocycles. The highest BCUT2D eigenvalue weighted by atomic mass is 16.2. The number of carbonyl (C=O) groups excluding carboxylic acids is 3. The van der Waals surface area contributed by atoms with E-state index in [0.717, 1.165) is 38.0 Å². The number of hydrogen-bond donors (Lipinski definition) is 2. The van der Waals surface area contributed by atoms with Gasteiger partial charge in [-0.05, 0) is 67.8 Å². The monoisotopic (exact) mass is 396 g/mol. The Balaban J connectivity index is 1.29. The molecular formula is C22H28N4O3. The lowest BCUT2D eigenvalue weighted by atomic mass is 9.61. The summed E-state index contributed by atoms with van der Waals surface area (Å²) in [5.74, 6) is -0.715. The first kappa shape index (κ1) is 18.8. The number of likely N-dealkylation sites (tertiary alicyclic amines) is 1. The summed E-state index contributed by atoms with van der Waals surface area (Å²) in [7, 11) is 0. The standard InChI is InChI=1S/C22H28N4O3/c23-15-10-22(11-15)6-8-25(9-7-22)12-14-2-1-3-16-17(14)13-26(21(16)29)18-4-5-19(27)24-20(18)28/h1-3,15,18H,4-13,23H2,(H,24,27,28). The number of fused-ring (bicyclic) bond motifs is 1. The summed E-state index contributed by atoms with van der Waals surface area (Å²) >= 11 is 0. The summed E-state index contributed by atoms with van der Waals surface area (Å²) in [5.41, 5.74) is 9.40. The molecule has 2 saturated heterocycles. The molecule has 7 nitrogen and oxygen atoms in total. The zero-order chi connectivity index (χ0) is 20.2. The number of piperidine rings is 2. The Kier molecular flexibility index (Phi) is 4.47. The molecule has 29 heavy (non-hydrogen) atoms. The van der Waals surface area contributed by atoms with Crippen molar-refractivity contribution in [3.8, 4) is 0 Å². The summed E-state index contributed by atoms with van der Waals surface area (Å²) in [4.78, 5) is 40.8. The molecule has 4 aliphatic rings. The average molecular weight is 396 g/mol. The molecule has 1 atom stereocenters. The predicted octanol–water partition coefficient (Wildman–Crippen LogP) is 1.15. The fourth-order valence-corrected chi connectivity index (χ4v) is 5.69. The number of nitrogens with zero attached hydrogens (tertiary/aromatic N) is 2.